The zero-order chi connectivity index (χ0) is 16.4. The van der Waals surface area contributed by atoms with Crippen LogP contribution in [0.3, 0.4) is 0 Å². The molecule has 5 nitrogen and oxygen atoms in total. The van der Waals surface area contributed by atoms with Crippen molar-refractivity contribution < 1.29 is 14.7 Å². The standard InChI is InChI=1S/C15H16Cl2N2O3/c1-7(2)5-11(15(21)22)19-14(20)13-12(17)9-6-8(16)3-4-10(9)18-13/h3-4,6-7,11,18H,5H2,1-2H3,(H,19,20)(H,21,22)/t11-/m0/s1. The summed E-state index contributed by atoms with van der Waals surface area (Å²) >= 11 is 12.1. The summed E-state index contributed by atoms with van der Waals surface area (Å²) in [4.78, 5) is 26.4. The first kappa shape index (κ1) is 16.6. The number of H-pyrrole nitrogens is 1. The van der Waals surface area contributed by atoms with E-state index in [9.17, 15) is 14.7 Å². The fraction of sp³-hybridized carbons (Fsp3) is 0.333. The van der Waals surface area contributed by atoms with Gasteiger partial charge in [-0.05, 0) is 30.5 Å². The molecular formula is C15H16Cl2N2O3. The summed E-state index contributed by atoms with van der Waals surface area (Å²) in [7, 11) is 0. The Balaban J connectivity index is 2.29. The summed E-state index contributed by atoms with van der Waals surface area (Å²) in [6, 6.07) is 4.08. The van der Waals surface area contributed by atoms with Crippen LogP contribution in [0.2, 0.25) is 10.0 Å². The maximum Gasteiger partial charge on any atom is 0.326 e. The van der Waals surface area contributed by atoms with E-state index >= 15 is 0 Å². The highest BCUT2D eigenvalue weighted by Crippen LogP contribution is 2.29. The van der Waals surface area contributed by atoms with Crippen LogP contribution in [-0.2, 0) is 4.79 Å². The van der Waals surface area contributed by atoms with Gasteiger partial charge >= 0.3 is 5.97 Å². The summed E-state index contributed by atoms with van der Waals surface area (Å²) < 4.78 is 0. The van der Waals surface area contributed by atoms with E-state index in [2.05, 4.69) is 10.3 Å². The van der Waals surface area contributed by atoms with Gasteiger partial charge in [0, 0.05) is 15.9 Å². The molecule has 22 heavy (non-hydrogen) atoms. The molecule has 0 fully saturated rings. The molecule has 0 saturated heterocycles. The van der Waals surface area contributed by atoms with Gasteiger partial charge in [0.05, 0.1) is 5.02 Å². The Morgan fingerprint density at radius 2 is 2.00 bits per heavy atom. The molecule has 2 aromatic rings. The number of halogens is 2. The first-order chi connectivity index (χ1) is 10.3. The third-order valence-corrected chi connectivity index (χ3v) is 3.86. The molecule has 1 aromatic carbocycles. The molecule has 1 atom stereocenters. The molecule has 0 spiro atoms. The number of rotatable bonds is 5. The lowest BCUT2D eigenvalue weighted by atomic mass is 10.0. The lowest BCUT2D eigenvalue weighted by Crippen LogP contribution is -2.41. The van der Waals surface area contributed by atoms with Crippen LogP contribution in [0, 0.1) is 5.92 Å². The highest BCUT2D eigenvalue weighted by atomic mass is 35.5. The minimum atomic E-state index is -1.07. The molecule has 0 aliphatic carbocycles. The number of carboxylic acid groups (broad SMARTS) is 1. The van der Waals surface area contributed by atoms with Crippen molar-refractivity contribution in [3.05, 3.63) is 33.9 Å². The van der Waals surface area contributed by atoms with Crippen molar-refractivity contribution in [2.45, 2.75) is 26.3 Å². The topological polar surface area (TPSA) is 82.2 Å². The number of hydrogen-bond donors (Lipinski definition) is 3. The smallest absolute Gasteiger partial charge is 0.326 e. The maximum absolute atomic E-state index is 12.3. The second-order valence-electron chi connectivity index (χ2n) is 5.50. The Morgan fingerprint density at radius 3 is 2.59 bits per heavy atom. The highest BCUT2D eigenvalue weighted by molar-refractivity contribution is 6.39. The Morgan fingerprint density at radius 1 is 1.32 bits per heavy atom. The first-order valence-corrected chi connectivity index (χ1v) is 7.55. The fourth-order valence-electron chi connectivity index (χ4n) is 2.21. The van der Waals surface area contributed by atoms with Gasteiger partial charge in [-0.25, -0.2) is 4.79 Å². The van der Waals surface area contributed by atoms with E-state index in [0.717, 1.165) is 0 Å². The maximum atomic E-state index is 12.3. The van der Waals surface area contributed by atoms with E-state index < -0.39 is 17.9 Å². The Bertz CT molecular complexity index is 725. The number of nitrogens with one attached hydrogen (secondary N) is 2. The minimum absolute atomic E-state index is 0.133. The van der Waals surface area contributed by atoms with Crippen molar-refractivity contribution in [3.63, 3.8) is 0 Å². The predicted octanol–water partition coefficient (Wildman–Crippen LogP) is 3.70. The fourth-order valence-corrected chi connectivity index (χ4v) is 2.67. The third-order valence-electron chi connectivity index (χ3n) is 3.23. The molecule has 0 bridgehead atoms. The monoisotopic (exact) mass is 342 g/mol. The number of benzene rings is 1. The van der Waals surface area contributed by atoms with Crippen LogP contribution in [-0.4, -0.2) is 28.0 Å². The zero-order valence-electron chi connectivity index (χ0n) is 12.1. The summed E-state index contributed by atoms with van der Waals surface area (Å²) in [5, 5.41) is 13.0. The van der Waals surface area contributed by atoms with Gasteiger partial charge in [0.1, 0.15) is 11.7 Å². The average Bonchev–Trinajstić information content (AvgIpc) is 2.74. The molecule has 118 valence electrons. The van der Waals surface area contributed by atoms with Crippen molar-refractivity contribution >= 4 is 46.0 Å². The molecule has 1 aromatic heterocycles. The van der Waals surface area contributed by atoms with Gasteiger partial charge in [0.25, 0.3) is 5.91 Å². The SMILES string of the molecule is CC(C)C[C@H](NC(=O)c1[nH]c2ccc(Cl)cc2c1Cl)C(=O)O. The van der Waals surface area contributed by atoms with E-state index in [1.807, 2.05) is 13.8 Å². The zero-order valence-corrected chi connectivity index (χ0v) is 13.6. The van der Waals surface area contributed by atoms with E-state index in [-0.39, 0.29) is 16.6 Å². The third kappa shape index (κ3) is 3.54. The molecule has 0 radical (unpaired) electrons. The van der Waals surface area contributed by atoms with Gasteiger partial charge in [0.2, 0.25) is 0 Å². The molecule has 1 heterocycles. The summed E-state index contributed by atoms with van der Waals surface area (Å²) in [6.45, 7) is 3.78. The second-order valence-corrected chi connectivity index (χ2v) is 6.31. The van der Waals surface area contributed by atoms with E-state index in [1.165, 1.54) is 0 Å². The van der Waals surface area contributed by atoms with Crippen molar-refractivity contribution in [3.8, 4) is 0 Å². The lowest BCUT2D eigenvalue weighted by Gasteiger charge is -2.16. The predicted molar refractivity (Wildman–Crippen MR) is 86.7 cm³/mol. The quantitative estimate of drug-likeness (QED) is 0.774. The van der Waals surface area contributed by atoms with Crippen molar-refractivity contribution in [2.75, 3.05) is 0 Å². The molecule has 3 N–H and O–H groups in total. The van der Waals surface area contributed by atoms with Crippen LogP contribution in [0.25, 0.3) is 10.9 Å². The number of hydrogen-bond acceptors (Lipinski definition) is 2. The first-order valence-electron chi connectivity index (χ1n) is 6.80. The van der Waals surface area contributed by atoms with Crippen LogP contribution in [0.1, 0.15) is 30.8 Å². The summed E-state index contributed by atoms with van der Waals surface area (Å²) in [5.74, 6) is -1.49. The van der Waals surface area contributed by atoms with Crippen LogP contribution < -0.4 is 5.32 Å². The van der Waals surface area contributed by atoms with Gasteiger partial charge < -0.3 is 15.4 Å². The number of aliphatic carboxylic acids is 1. The summed E-state index contributed by atoms with van der Waals surface area (Å²) in [5.41, 5.74) is 0.796. The summed E-state index contributed by atoms with van der Waals surface area (Å²) in [6.07, 6.45) is 0.338. The van der Waals surface area contributed by atoms with Gasteiger partial charge in [-0.3, -0.25) is 4.79 Å². The minimum Gasteiger partial charge on any atom is -0.480 e. The molecular weight excluding hydrogens is 327 g/mol. The number of amides is 1. The van der Waals surface area contributed by atoms with Crippen LogP contribution in [0.15, 0.2) is 18.2 Å². The largest absolute Gasteiger partial charge is 0.480 e. The van der Waals surface area contributed by atoms with E-state index in [0.29, 0.717) is 22.3 Å². The number of carbonyl (C=O) groups is 2. The molecule has 7 heteroatoms. The van der Waals surface area contributed by atoms with Crippen LogP contribution in [0.5, 0.6) is 0 Å². The van der Waals surface area contributed by atoms with Crippen LogP contribution in [0.4, 0.5) is 0 Å². The lowest BCUT2D eigenvalue weighted by molar-refractivity contribution is -0.139. The number of aromatic amines is 1. The van der Waals surface area contributed by atoms with E-state index in [1.54, 1.807) is 18.2 Å². The van der Waals surface area contributed by atoms with Crippen molar-refractivity contribution in [1.29, 1.82) is 0 Å². The Labute approximate surface area is 137 Å². The average molecular weight is 343 g/mol. The molecule has 0 aliphatic heterocycles. The number of carbonyl (C=O) groups excluding carboxylic acids is 1. The number of carboxylic acids is 1. The van der Waals surface area contributed by atoms with Gasteiger partial charge in [-0.1, -0.05) is 37.0 Å². The molecule has 1 amide bonds. The number of fused-ring (bicyclic) bond motifs is 1. The van der Waals surface area contributed by atoms with Gasteiger partial charge in [-0.15, -0.1) is 0 Å². The Hall–Kier alpha value is -1.72. The van der Waals surface area contributed by atoms with Crippen LogP contribution >= 0.6 is 23.2 Å². The normalized spacial score (nSPS) is 12.6. The molecule has 0 saturated carbocycles. The van der Waals surface area contributed by atoms with E-state index in [4.69, 9.17) is 23.2 Å². The molecule has 0 aliphatic rings. The number of aromatic nitrogens is 1. The Kier molecular flexibility index (Phi) is 4.98. The second kappa shape index (κ2) is 6.58. The molecule has 0 unspecified atom stereocenters. The highest BCUT2D eigenvalue weighted by Gasteiger charge is 2.24. The van der Waals surface area contributed by atoms with Gasteiger partial charge in [0.15, 0.2) is 0 Å². The molecule has 2 rings (SSSR count). The van der Waals surface area contributed by atoms with Crippen molar-refractivity contribution in [1.82, 2.24) is 10.3 Å². The van der Waals surface area contributed by atoms with Crippen molar-refractivity contribution in [2.24, 2.45) is 5.92 Å². The van der Waals surface area contributed by atoms with Gasteiger partial charge in [-0.2, -0.15) is 0 Å².